The highest BCUT2D eigenvalue weighted by molar-refractivity contribution is 6.02. The SMILES string of the molecule is CCOc1ccc(C(NC(=O)CN2C(=O)COc3ccc([N+](=O)[O-])cc32)C(C)C)cc1OCC. The van der Waals surface area contributed by atoms with E-state index in [1.807, 2.05) is 45.9 Å². The van der Waals surface area contributed by atoms with Crippen LogP contribution in [0, 0.1) is 16.0 Å². The Balaban J connectivity index is 1.83. The third kappa shape index (κ3) is 5.56. The smallest absolute Gasteiger partial charge is 0.271 e. The van der Waals surface area contributed by atoms with Crippen molar-refractivity contribution in [2.45, 2.75) is 33.7 Å². The molecule has 0 aliphatic carbocycles. The third-order valence-electron chi connectivity index (χ3n) is 5.31. The number of nitro benzene ring substituents is 1. The number of hydrogen-bond acceptors (Lipinski definition) is 7. The molecule has 10 nitrogen and oxygen atoms in total. The van der Waals surface area contributed by atoms with Gasteiger partial charge in [-0.2, -0.15) is 0 Å². The molecule has 0 saturated heterocycles. The number of carbonyl (C=O) groups is 2. The Morgan fingerprint density at radius 1 is 1.15 bits per heavy atom. The van der Waals surface area contributed by atoms with E-state index >= 15 is 0 Å². The molecule has 182 valence electrons. The first kappa shape index (κ1) is 24.8. The molecular weight excluding hydrogens is 442 g/mol. The van der Waals surface area contributed by atoms with Gasteiger partial charge in [-0.25, -0.2) is 0 Å². The maximum atomic E-state index is 13.0. The van der Waals surface area contributed by atoms with Gasteiger partial charge in [0, 0.05) is 12.1 Å². The second-order valence-corrected chi connectivity index (χ2v) is 8.04. The van der Waals surface area contributed by atoms with Crippen molar-refractivity contribution in [1.29, 1.82) is 0 Å². The number of anilines is 1. The van der Waals surface area contributed by atoms with Crippen LogP contribution in [0.4, 0.5) is 11.4 Å². The predicted molar refractivity (Wildman–Crippen MR) is 125 cm³/mol. The van der Waals surface area contributed by atoms with Gasteiger partial charge in [0.15, 0.2) is 18.1 Å². The lowest BCUT2D eigenvalue weighted by Crippen LogP contribution is -2.46. The molecule has 1 N–H and O–H groups in total. The highest BCUT2D eigenvalue weighted by Gasteiger charge is 2.30. The number of amides is 2. The molecule has 1 atom stereocenters. The van der Waals surface area contributed by atoms with Gasteiger partial charge in [-0.1, -0.05) is 19.9 Å². The molecule has 0 spiro atoms. The van der Waals surface area contributed by atoms with E-state index in [-0.39, 0.29) is 36.5 Å². The molecule has 0 fully saturated rings. The van der Waals surface area contributed by atoms with Crippen LogP contribution in [0.5, 0.6) is 17.2 Å². The molecule has 10 heteroatoms. The monoisotopic (exact) mass is 471 g/mol. The lowest BCUT2D eigenvalue weighted by Gasteiger charge is -2.30. The maximum Gasteiger partial charge on any atom is 0.271 e. The molecule has 0 radical (unpaired) electrons. The minimum Gasteiger partial charge on any atom is -0.490 e. The Hall–Kier alpha value is -3.82. The first-order valence-electron chi connectivity index (χ1n) is 11.2. The molecule has 34 heavy (non-hydrogen) atoms. The molecule has 1 heterocycles. The molecule has 1 aliphatic rings. The van der Waals surface area contributed by atoms with E-state index < -0.39 is 16.7 Å². The molecule has 1 unspecified atom stereocenters. The molecule has 0 aromatic heterocycles. The standard InChI is InChI=1S/C24H29N3O7/c1-5-32-20-9-7-16(11-21(20)33-6-2)24(15(3)4)25-22(28)13-26-18-12-17(27(30)31)8-10-19(18)34-14-23(26)29/h7-12,15,24H,5-6,13-14H2,1-4H3,(H,25,28). The summed E-state index contributed by atoms with van der Waals surface area (Å²) in [4.78, 5) is 37.3. The van der Waals surface area contributed by atoms with E-state index in [1.54, 1.807) is 0 Å². The molecular formula is C24H29N3O7. The first-order chi connectivity index (χ1) is 16.2. The molecule has 3 rings (SSSR count). The van der Waals surface area contributed by atoms with Gasteiger partial charge in [0.25, 0.3) is 11.6 Å². The minimum atomic E-state index is -0.561. The van der Waals surface area contributed by atoms with Gasteiger partial charge in [-0.15, -0.1) is 0 Å². The number of nitro groups is 1. The fourth-order valence-electron chi connectivity index (χ4n) is 3.74. The summed E-state index contributed by atoms with van der Waals surface area (Å²) in [5.74, 6) is 0.698. The van der Waals surface area contributed by atoms with Crippen molar-refractivity contribution < 1.29 is 28.7 Å². The van der Waals surface area contributed by atoms with Crippen LogP contribution in [0.25, 0.3) is 0 Å². The van der Waals surface area contributed by atoms with Crippen molar-refractivity contribution in [1.82, 2.24) is 5.32 Å². The van der Waals surface area contributed by atoms with Crippen molar-refractivity contribution >= 4 is 23.2 Å². The maximum absolute atomic E-state index is 13.0. The van der Waals surface area contributed by atoms with Gasteiger partial charge in [0.05, 0.1) is 29.9 Å². The van der Waals surface area contributed by atoms with Crippen LogP contribution in [0.15, 0.2) is 36.4 Å². The average molecular weight is 472 g/mol. The number of fused-ring (bicyclic) bond motifs is 1. The second-order valence-electron chi connectivity index (χ2n) is 8.04. The normalized spacial score (nSPS) is 13.7. The second kappa shape index (κ2) is 10.9. The zero-order chi connectivity index (χ0) is 24.8. The Morgan fingerprint density at radius 2 is 1.85 bits per heavy atom. The van der Waals surface area contributed by atoms with E-state index in [0.29, 0.717) is 30.5 Å². The zero-order valence-electron chi connectivity index (χ0n) is 19.7. The van der Waals surface area contributed by atoms with E-state index in [2.05, 4.69) is 5.32 Å². The Kier molecular flexibility index (Phi) is 7.93. The molecule has 1 aliphatic heterocycles. The number of nitrogens with zero attached hydrogens (tertiary/aromatic N) is 2. The topological polar surface area (TPSA) is 120 Å². The summed E-state index contributed by atoms with van der Waals surface area (Å²) >= 11 is 0. The number of hydrogen-bond donors (Lipinski definition) is 1. The van der Waals surface area contributed by atoms with Crippen molar-refractivity contribution in [3.8, 4) is 17.2 Å². The van der Waals surface area contributed by atoms with Gasteiger partial charge < -0.3 is 19.5 Å². The van der Waals surface area contributed by atoms with E-state index in [1.165, 1.54) is 23.1 Å². The summed E-state index contributed by atoms with van der Waals surface area (Å²) in [5, 5.41) is 14.2. The van der Waals surface area contributed by atoms with Gasteiger partial charge in [0.1, 0.15) is 12.3 Å². The number of ether oxygens (including phenoxy) is 3. The number of non-ortho nitro benzene ring substituents is 1. The Bertz CT molecular complexity index is 1070. The van der Waals surface area contributed by atoms with Gasteiger partial charge in [-0.3, -0.25) is 24.6 Å². The van der Waals surface area contributed by atoms with Gasteiger partial charge >= 0.3 is 0 Å². The summed E-state index contributed by atoms with van der Waals surface area (Å²) < 4.78 is 16.7. The van der Waals surface area contributed by atoms with Crippen molar-refractivity contribution in [3.05, 3.63) is 52.1 Å². The summed E-state index contributed by atoms with van der Waals surface area (Å²) in [5.41, 5.74) is 0.835. The number of rotatable bonds is 10. The van der Waals surface area contributed by atoms with Crippen LogP contribution >= 0.6 is 0 Å². The fourth-order valence-corrected chi connectivity index (χ4v) is 3.74. The van der Waals surface area contributed by atoms with E-state index in [9.17, 15) is 19.7 Å². The van der Waals surface area contributed by atoms with Crippen LogP contribution < -0.4 is 24.4 Å². The molecule has 0 bridgehead atoms. The van der Waals surface area contributed by atoms with Crippen LogP contribution in [0.1, 0.15) is 39.3 Å². The van der Waals surface area contributed by atoms with E-state index in [4.69, 9.17) is 14.2 Å². The summed E-state index contributed by atoms with van der Waals surface area (Å²) in [6, 6.07) is 9.13. The number of nitrogens with one attached hydrogen (secondary N) is 1. The lowest BCUT2D eigenvalue weighted by atomic mass is 9.95. The van der Waals surface area contributed by atoms with Crippen molar-refractivity contribution in [3.63, 3.8) is 0 Å². The van der Waals surface area contributed by atoms with Crippen LogP contribution in [0.3, 0.4) is 0 Å². The van der Waals surface area contributed by atoms with Gasteiger partial charge in [-0.05, 0) is 43.5 Å². The van der Waals surface area contributed by atoms with Crippen LogP contribution in [-0.2, 0) is 9.59 Å². The van der Waals surface area contributed by atoms with Crippen molar-refractivity contribution in [2.75, 3.05) is 31.3 Å². The highest BCUT2D eigenvalue weighted by atomic mass is 16.6. The lowest BCUT2D eigenvalue weighted by molar-refractivity contribution is -0.384. The Morgan fingerprint density at radius 3 is 2.50 bits per heavy atom. The highest BCUT2D eigenvalue weighted by Crippen LogP contribution is 2.36. The largest absolute Gasteiger partial charge is 0.490 e. The van der Waals surface area contributed by atoms with Crippen molar-refractivity contribution in [2.24, 2.45) is 5.92 Å². The zero-order valence-corrected chi connectivity index (χ0v) is 19.7. The van der Waals surface area contributed by atoms with Crippen LogP contribution in [0.2, 0.25) is 0 Å². The predicted octanol–water partition coefficient (Wildman–Crippen LogP) is 3.63. The molecule has 2 amide bonds. The molecule has 0 saturated carbocycles. The fraction of sp³-hybridized carbons (Fsp3) is 0.417. The van der Waals surface area contributed by atoms with Crippen LogP contribution in [-0.4, -0.2) is 43.1 Å². The number of benzene rings is 2. The van der Waals surface area contributed by atoms with Gasteiger partial charge in [0.2, 0.25) is 5.91 Å². The summed E-state index contributed by atoms with van der Waals surface area (Å²) in [6.45, 7) is 8.13. The third-order valence-corrected chi connectivity index (χ3v) is 5.31. The quantitative estimate of drug-likeness (QED) is 0.415. The number of carbonyl (C=O) groups excluding carboxylic acids is 2. The average Bonchev–Trinajstić information content (AvgIpc) is 2.80. The minimum absolute atomic E-state index is 0.0325. The van der Waals surface area contributed by atoms with E-state index in [0.717, 1.165) is 5.56 Å². The Labute approximate surface area is 197 Å². The molecule has 2 aromatic rings. The molecule has 2 aromatic carbocycles. The first-order valence-corrected chi connectivity index (χ1v) is 11.2. The summed E-state index contributed by atoms with van der Waals surface area (Å²) in [7, 11) is 0. The summed E-state index contributed by atoms with van der Waals surface area (Å²) in [6.07, 6.45) is 0.